The molecule has 2 aromatic heterocycles. The largest absolute Gasteiger partial charge is 0.351 e. The molecular weight excluding hydrogens is 480 g/mol. The fraction of sp³-hybridized carbons (Fsp3) is 0.667. The van der Waals surface area contributed by atoms with Crippen LogP contribution >= 0.6 is 0 Å². The Morgan fingerprint density at radius 1 is 0.972 bits per heavy atom. The molecule has 196 valence electrons. The molecule has 5 rings (SSSR count). The Morgan fingerprint density at radius 2 is 1.67 bits per heavy atom. The van der Waals surface area contributed by atoms with Gasteiger partial charge in [0.1, 0.15) is 15.7 Å². The summed E-state index contributed by atoms with van der Waals surface area (Å²) in [6.45, 7) is 0. The zero-order chi connectivity index (χ0) is 25.1. The first kappa shape index (κ1) is 24.8. The minimum absolute atomic E-state index is 0.0588. The molecule has 0 atom stereocenters. The van der Waals surface area contributed by atoms with E-state index in [2.05, 4.69) is 47.5 Å². The number of carbonyl (C=O) groups is 1. The number of nitrogens with zero attached hydrogens (tertiary/aromatic N) is 3. The van der Waals surface area contributed by atoms with Crippen LogP contribution in [0.4, 0.5) is 22.4 Å². The Hall–Kier alpha value is -2.89. The van der Waals surface area contributed by atoms with E-state index in [1.807, 2.05) is 6.07 Å². The number of urea groups is 1. The molecule has 2 amide bonds. The van der Waals surface area contributed by atoms with Crippen LogP contribution in [0.5, 0.6) is 0 Å². The lowest BCUT2D eigenvalue weighted by Crippen LogP contribution is -2.54. The third-order valence-corrected chi connectivity index (χ3v) is 9.33. The second-order valence-electron chi connectivity index (χ2n) is 10.5. The first-order valence-electron chi connectivity index (χ1n) is 13.0. The van der Waals surface area contributed by atoms with Crippen molar-refractivity contribution in [3.63, 3.8) is 0 Å². The molecule has 3 saturated carbocycles. The molecule has 3 aliphatic rings. The molecule has 5 N–H and O–H groups in total. The average molecular weight is 517 g/mol. The molecule has 0 spiro atoms. The number of hydrogen-bond acceptors (Lipinski definition) is 8. The molecule has 0 radical (unpaired) electrons. The molecule has 12 heteroatoms. The molecule has 0 unspecified atom stereocenters. The quantitative estimate of drug-likeness (QED) is 0.358. The molecule has 2 heterocycles. The molecule has 0 bridgehead atoms. The van der Waals surface area contributed by atoms with Gasteiger partial charge in [-0.3, -0.25) is 5.10 Å². The van der Waals surface area contributed by atoms with Crippen molar-refractivity contribution in [1.82, 2.24) is 30.8 Å². The van der Waals surface area contributed by atoms with Crippen molar-refractivity contribution in [2.24, 2.45) is 0 Å². The molecule has 2 aromatic rings. The average Bonchev–Trinajstić information content (AvgIpc) is 3.49. The van der Waals surface area contributed by atoms with Gasteiger partial charge in [-0.25, -0.2) is 18.2 Å². The van der Waals surface area contributed by atoms with E-state index in [4.69, 9.17) is 0 Å². The highest BCUT2D eigenvalue weighted by Gasteiger charge is 2.37. The summed E-state index contributed by atoms with van der Waals surface area (Å²) in [5.74, 6) is 2.61. The monoisotopic (exact) mass is 516 g/mol. The number of anilines is 3. The van der Waals surface area contributed by atoms with E-state index >= 15 is 0 Å². The van der Waals surface area contributed by atoms with Crippen molar-refractivity contribution >= 4 is 33.5 Å². The summed E-state index contributed by atoms with van der Waals surface area (Å²) in [4.78, 5) is 21.3. The zero-order valence-corrected chi connectivity index (χ0v) is 21.5. The molecular formula is C24H36N8O3S. The van der Waals surface area contributed by atoms with E-state index in [9.17, 15) is 13.2 Å². The molecule has 3 fully saturated rings. The lowest BCUT2D eigenvalue weighted by molar-refractivity contribution is 0.220. The fourth-order valence-electron chi connectivity index (χ4n) is 5.49. The SMILES string of the molecule is CS(=O)(=O)C1CC(NC(=O)N[C@H]2CC[C@H](Nc3nccc(Nc4cc(C5CCCC5)[nH]n4)n3)CC2)C1. The van der Waals surface area contributed by atoms with Gasteiger partial charge in [-0.05, 0) is 57.4 Å². The van der Waals surface area contributed by atoms with Crippen LogP contribution in [-0.4, -0.2) is 64.2 Å². The lowest BCUT2D eigenvalue weighted by atomic mass is 9.91. The number of aromatic amines is 1. The smallest absolute Gasteiger partial charge is 0.315 e. The Morgan fingerprint density at radius 3 is 2.39 bits per heavy atom. The second-order valence-corrected chi connectivity index (χ2v) is 12.8. The summed E-state index contributed by atoms with van der Waals surface area (Å²) in [6, 6.07) is 3.98. The summed E-state index contributed by atoms with van der Waals surface area (Å²) in [6.07, 6.45) is 12.5. The number of carbonyl (C=O) groups excluding carboxylic acids is 1. The van der Waals surface area contributed by atoms with Gasteiger partial charge in [-0.2, -0.15) is 10.1 Å². The summed E-state index contributed by atoms with van der Waals surface area (Å²) >= 11 is 0. The highest BCUT2D eigenvalue weighted by molar-refractivity contribution is 7.91. The number of rotatable bonds is 8. The van der Waals surface area contributed by atoms with Crippen molar-refractivity contribution in [1.29, 1.82) is 0 Å². The summed E-state index contributed by atoms with van der Waals surface area (Å²) in [7, 11) is -3.01. The zero-order valence-electron chi connectivity index (χ0n) is 20.7. The van der Waals surface area contributed by atoms with Crippen molar-refractivity contribution in [3.05, 3.63) is 24.0 Å². The van der Waals surface area contributed by atoms with Crippen molar-refractivity contribution in [2.45, 2.75) is 93.5 Å². The van der Waals surface area contributed by atoms with E-state index in [0.29, 0.717) is 30.5 Å². The van der Waals surface area contributed by atoms with Crippen LogP contribution in [0.15, 0.2) is 18.3 Å². The molecule has 0 aromatic carbocycles. The number of hydrogen-bond donors (Lipinski definition) is 5. The van der Waals surface area contributed by atoms with Gasteiger partial charge in [-0.1, -0.05) is 12.8 Å². The number of aromatic nitrogens is 4. The van der Waals surface area contributed by atoms with Crippen LogP contribution in [0.1, 0.15) is 75.8 Å². The van der Waals surface area contributed by atoms with Gasteiger partial charge in [0.25, 0.3) is 0 Å². The molecule has 11 nitrogen and oxygen atoms in total. The predicted molar refractivity (Wildman–Crippen MR) is 138 cm³/mol. The Kier molecular flexibility index (Phi) is 7.31. The Balaban J connectivity index is 1.04. The van der Waals surface area contributed by atoms with E-state index < -0.39 is 9.84 Å². The highest BCUT2D eigenvalue weighted by Crippen LogP contribution is 2.34. The van der Waals surface area contributed by atoms with E-state index in [-0.39, 0.29) is 29.4 Å². The number of nitrogens with one attached hydrogen (secondary N) is 5. The van der Waals surface area contributed by atoms with Gasteiger partial charge in [0, 0.05) is 48.3 Å². The molecule has 3 aliphatic carbocycles. The minimum atomic E-state index is -3.01. The topological polar surface area (TPSA) is 154 Å². The van der Waals surface area contributed by atoms with E-state index in [1.165, 1.54) is 37.6 Å². The minimum Gasteiger partial charge on any atom is -0.351 e. The maximum absolute atomic E-state index is 12.3. The van der Waals surface area contributed by atoms with E-state index in [0.717, 1.165) is 31.5 Å². The standard InChI is InChI=1S/C24H36N8O3S/c1-36(34,35)19-12-18(13-19)28-24(33)27-17-8-6-16(7-9-17)26-23-25-11-10-21(30-23)29-22-14-20(31-32-22)15-4-2-3-5-15/h10-11,14-19H,2-9,12-13H2,1H3,(H2,27,28,33)(H3,25,26,29,30,31,32)/t16-,17-,18?,19?. The second kappa shape index (κ2) is 10.6. The number of amides is 2. The maximum atomic E-state index is 12.3. The predicted octanol–water partition coefficient (Wildman–Crippen LogP) is 3.20. The van der Waals surface area contributed by atoms with Crippen LogP contribution in [-0.2, 0) is 9.84 Å². The normalized spacial score (nSPS) is 26.7. The third kappa shape index (κ3) is 6.26. The summed E-state index contributed by atoms with van der Waals surface area (Å²) in [5.41, 5.74) is 1.19. The first-order chi connectivity index (χ1) is 17.3. The van der Waals surface area contributed by atoms with Crippen LogP contribution < -0.4 is 21.3 Å². The Labute approximate surface area is 211 Å². The van der Waals surface area contributed by atoms with Gasteiger partial charge in [0.15, 0.2) is 5.82 Å². The summed E-state index contributed by atoms with van der Waals surface area (Å²) in [5, 5.41) is 19.9. The van der Waals surface area contributed by atoms with Gasteiger partial charge in [-0.15, -0.1) is 0 Å². The molecule has 36 heavy (non-hydrogen) atoms. The Bertz CT molecular complexity index is 1150. The van der Waals surface area contributed by atoms with Crippen LogP contribution in [0.3, 0.4) is 0 Å². The maximum Gasteiger partial charge on any atom is 0.315 e. The molecule has 0 aliphatic heterocycles. The third-order valence-electron chi connectivity index (χ3n) is 7.74. The first-order valence-corrected chi connectivity index (χ1v) is 14.9. The fourth-order valence-corrected chi connectivity index (χ4v) is 6.65. The van der Waals surface area contributed by atoms with Gasteiger partial charge in [0.05, 0.1) is 5.25 Å². The summed E-state index contributed by atoms with van der Waals surface area (Å²) < 4.78 is 23.0. The van der Waals surface area contributed by atoms with Crippen LogP contribution in [0.25, 0.3) is 0 Å². The van der Waals surface area contributed by atoms with Gasteiger partial charge in [0.2, 0.25) is 5.95 Å². The van der Waals surface area contributed by atoms with E-state index in [1.54, 1.807) is 6.20 Å². The highest BCUT2D eigenvalue weighted by atomic mass is 32.2. The number of sulfone groups is 1. The lowest BCUT2D eigenvalue weighted by Gasteiger charge is -2.35. The van der Waals surface area contributed by atoms with Crippen LogP contribution in [0, 0.1) is 0 Å². The van der Waals surface area contributed by atoms with Gasteiger partial charge >= 0.3 is 6.03 Å². The number of H-pyrrole nitrogens is 1. The van der Waals surface area contributed by atoms with Crippen molar-refractivity contribution in [3.8, 4) is 0 Å². The van der Waals surface area contributed by atoms with Crippen LogP contribution in [0.2, 0.25) is 0 Å². The van der Waals surface area contributed by atoms with Crippen molar-refractivity contribution in [2.75, 3.05) is 16.9 Å². The molecule has 0 saturated heterocycles. The van der Waals surface area contributed by atoms with Crippen molar-refractivity contribution < 1.29 is 13.2 Å². The van der Waals surface area contributed by atoms with Gasteiger partial charge < -0.3 is 21.3 Å².